The fourth-order valence-corrected chi connectivity index (χ4v) is 2.03. The smallest absolute Gasteiger partial charge is 0.222 e. The van der Waals surface area contributed by atoms with Crippen LogP contribution in [-0.2, 0) is 4.79 Å². The lowest BCUT2D eigenvalue weighted by Gasteiger charge is -2.31. The molecule has 0 aromatic heterocycles. The lowest BCUT2D eigenvalue weighted by atomic mass is 9.89. The summed E-state index contributed by atoms with van der Waals surface area (Å²) in [4.78, 5) is 11.4. The summed E-state index contributed by atoms with van der Waals surface area (Å²) >= 11 is 0. The molecule has 0 aromatic carbocycles. The van der Waals surface area contributed by atoms with E-state index in [-0.39, 0.29) is 31.0 Å². The van der Waals surface area contributed by atoms with Crippen molar-refractivity contribution in [1.82, 2.24) is 5.32 Å². The van der Waals surface area contributed by atoms with Crippen LogP contribution in [0.4, 0.5) is 0 Å². The van der Waals surface area contributed by atoms with Crippen LogP contribution in [0.2, 0.25) is 0 Å². The molecule has 7 N–H and O–H groups in total. The largest absolute Gasteiger partial charge is 0.393 e. The van der Waals surface area contributed by atoms with Crippen molar-refractivity contribution in [2.24, 2.45) is 11.5 Å². The Bertz CT molecular complexity index is 227. The summed E-state index contributed by atoms with van der Waals surface area (Å²) in [5.74, 6) is -0.246. The average Bonchev–Trinajstić information content (AvgIpc) is 2.15. The molecule has 16 heavy (non-hydrogen) atoms. The van der Waals surface area contributed by atoms with Gasteiger partial charge in [0.15, 0.2) is 0 Å². The standard InChI is InChI=1S/C10H21N3O3/c11-5-9(15)4-10(16)13-7-1-6(12)2-8(14)3-7/h6-9,14-15H,1-5,11-12H2,(H,13,16). The van der Waals surface area contributed by atoms with E-state index in [0.717, 1.165) is 0 Å². The highest BCUT2D eigenvalue weighted by Crippen LogP contribution is 2.17. The first-order valence-electron chi connectivity index (χ1n) is 5.62. The summed E-state index contributed by atoms with van der Waals surface area (Å²) in [6, 6.07) is -0.176. The van der Waals surface area contributed by atoms with Gasteiger partial charge in [-0.15, -0.1) is 0 Å². The van der Waals surface area contributed by atoms with Crippen molar-refractivity contribution in [3.8, 4) is 0 Å². The summed E-state index contributed by atoms with van der Waals surface area (Å²) < 4.78 is 0. The molecule has 1 fully saturated rings. The lowest BCUT2D eigenvalue weighted by molar-refractivity contribution is -0.124. The number of hydrogen-bond donors (Lipinski definition) is 5. The number of aliphatic hydroxyl groups excluding tert-OH is 2. The van der Waals surface area contributed by atoms with Gasteiger partial charge in [0.05, 0.1) is 18.6 Å². The second-order valence-electron chi connectivity index (χ2n) is 4.48. The number of carbonyl (C=O) groups is 1. The fourth-order valence-electron chi connectivity index (χ4n) is 2.03. The van der Waals surface area contributed by atoms with E-state index in [1.54, 1.807) is 0 Å². The molecule has 0 aliphatic heterocycles. The van der Waals surface area contributed by atoms with Crippen LogP contribution in [-0.4, -0.2) is 47.0 Å². The Labute approximate surface area is 95.0 Å². The van der Waals surface area contributed by atoms with E-state index in [0.29, 0.717) is 19.3 Å². The molecular weight excluding hydrogens is 210 g/mol. The minimum Gasteiger partial charge on any atom is -0.393 e. The maximum atomic E-state index is 11.4. The molecule has 0 spiro atoms. The van der Waals surface area contributed by atoms with Crippen LogP contribution in [0.15, 0.2) is 0 Å². The quantitative estimate of drug-likeness (QED) is 0.385. The van der Waals surface area contributed by atoms with Crippen molar-refractivity contribution in [2.75, 3.05) is 6.54 Å². The molecule has 0 saturated heterocycles. The van der Waals surface area contributed by atoms with Crippen LogP contribution in [0.1, 0.15) is 25.7 Å². The van der Waals surface area contributed by atoms with Gasteiger partial charge in [-0.3, -0.25) is 4.79 Å². The van der Waals surface area contributed by atoms with E-state index in [1.165, 1.54) is 0 Å². The lowest BCUT2D eigenvalue weighted by Crippen LogP contribution is -2.47. The van der Waals surface area contributed by atoms with Gasteiger partial charge in [0.25, 0.3) is 0 Å². The van der Waals surface area contributed by atoms with Gasteiger partial charge in [-0.1, -0.05) is 0 Å². The predicted molar refractivity (Wildman–Crippen MR) is 59.4 cm³/mol. The molecule has 1 saturated carbocycles. The molecule has 1 amide bonds. The van der Waals surface area contributed by atoms with Crippen molar-refractivity contribution < 1.29 is 15.0 Å². The highest BCUT2D eigenvalue weighted by Gasteiger charge is 2.26. The highest BCUT2D eigenvalue weighted by atomic mass is 16.3. The summed E-state index contributed by atoms with van der Waals surface area (Å²) in [7, 11) is 0. The Hall–Kier alpha value is -0.690. The number of carbonyl (C=O) groups excluding carboxylic acids is 1. The molecule has 1 aliphatic rings. The molecule has 94 valence electrons. The topological polar surface area (TPSA) is 122 Å². The SMILES string of the molecule is NCC(O)CC(=O)NC1CC(N)CC(O)C1. The first-order valence-corrected chi connectivity index (χ1v) is 5.62. The molecule has 4 atom stereocenters. The monoisotopic (exact) mass is 231 g/mol. The average molecular weight is 231 g/mol. The molecule has 0 aromatic rings. The van der Waals surface area contributed by atoms with Gasteiger partial charge in [-0.05, 0) is 19.3 Å². The third-order valence-electron chi connectivity index (χ3n) is 2.78. The van der Waals surface area contributed by atoms with Crippen LogP contribution in [0.5, 0.6) is 0 Å². The second kappa shape index (κ2) is 6.15. The summed E-state index contributed by atoms with van der Waals surface area (Å²) in [5, 5.41) is 21.4. The maximum absolute atomic E-state index is 11.4. The molecule has 0 bridgehead atoms. The third kappa shape index (κ3) is 4.44. The first-order chi connectivity index (χ1) is 7.51. The molecule has 1 aliphatic carbocycles. The van der Waals surface area contributed by atoms with Gasteiger partial charge >= 0.3 is 0 Å². The van der Waals surface area contributed by atoms with Gasteiger partial charge in [0.2, 0.25) is 5.91 Å². The Balaban J connectivity index is 2.33. The number of nitrogens with two attached hydrogens (primary N) is 2. The fraction of sp³-hybridized carbons (Fsp3) is 0.900. The van der Waals surface area contributed by atoms with E-state index in [2.05, 4.69) is 5.32 Å². The van der Waals surface area contributed by atoms with Crippen LogP contribution in [0.3, 0.4) is 0 Å². The van der Waals surface area contributed by atoms with Gasteiger partial charge in [-0.2, -0.15) is 0 Å². The van der Waals surface area contributed by atoms with Crippen molar-refractivity contribution in [3.63, 3.8) is 0 Å². The van der Waals surface area contributed by atoms with E-state index < -0.39 is 12.2 Å². The van der Waals surface area contributed by atoms with Crippen LogP contribution >= 0.6 is 0 Å². The second-order valence-corrected chi connectivity index (χ2v) is 4.48. The Morgan fingerprint density at radius 3 is 2.69 bits per heavy atom. The summed E-state index contributed by atoms with van der Waals surface area (Å²) in [5.41, 5.74) is 10.9. The zero-order valence-corrected chi connectivity index (χ0v) is 9.30. The highest BCUT2D eigenvalue weighted by molar-refractivity contribution is 5.76. The van der Waals surface area contributed by atoms with Gasteiger partial charge in [-0.25, -0.2) is 0 Å². The van der Waals surface area contributed by atoms with E-state index in [4.69, 9.17) is 11.5 Å². The number of nitrogens with one attached hydrogen (secondary N) is 1. The molecular formula is C10H21N3O3. The Morgan fingerprint density at radius 2 is 2.12 bits per heavy atom. The zero-order chi connectivity index (χ0) is 12.1. The van der Waals surface area contributed by atoms with E-state index in [1.807, 2.05) is 0 Å². The summed E-state index contributed by atoms with van der Waals surface area (Å²) in [6.45, 7) is 0.0697. The number of hydrogen-bond acceptors (Lipinski definition) is 5. The minimum absolute atomic E-state index is 0.00165. The van der Waals surface area contributed by atoms with Crippen LogP contribution in [0, 0.1) is 0 Å². The van der Waals surface area contributed by atoms with Crippen LogP contribution < -0.4 is 16.8 Å². The van der Waals surface area contributed by atoms with Gasteiger partial charge < -0.3 is 27.0 Å². The van der Waals surface area contributed by atoms with Gasteiger partial charge in [0, 0.05) is 18.6 Å². The van der Waals surface area contributed by atoms with E-state index in [9.17, 15) is 15.0 Å². The number of amides is 1. The van der Waals surface area contributed by atoms with Crippen molar-refractivity contribution in [3.05, 3.63) is 0 Å². The van der Waals surface area contributed by atoms with E-state index >= 15 is 0 Å². The normalized spacial score (nSPS) is 32.1. The Morgan fingerprint density at radius 1 is 1.44 bits per heavy atom. The minimum atomic E-state index is -0.804. The summed E-state index contributed by atoms with van der Waals surface area (Å²) in [6.07, 6.45) is 0.520. The maximum Gasteiger partial charge on any atom is 0.222 e. The van der Waals surface area contributed by atoms with Crippen molar-refractivity contribution >= 4 is 5.91 Å². The zero-order valence-electron chi connectivity index (χ0n) is 9.30. The van der Waals surface area contributed by atoms with Crippen molar-refractivity contribution in [2.45, 2.75) is 50.0 Å². The molecule has 6 nitrogen and oxygen atoms in total. The third-order valence-corrected chi connectivity index (χ3v) is 2.78. The molecule has 4 unspecified atom stereocenters. The van der Waals surface area contributed by atoms with Crippen LogP contribution in [0.25, 0.3) is 0 Å². The first kappa shape index (κ1) is 13.4. The molecule has 6 heteroatoms. The molecule has 0 heterocycles. The Kier molecular flexibility index (Phi) is 5.14. The number of aliphatic hydroxyl groups is 2. The van der Waals surface area contributed by atoms with Crippen molar-refractivity contribution in [1.29, 1.82) is 0 Å². The number of rotatable bonds is 4. The van der Waals surface area contributed by atoms with Gasteiger partial charge in [0.1, 0.15) is 0 Å². The predicted octanol–water partition coefficient (Wildman–Crippen LogP) is -1.95. The molecule has 1 rings (SSSR count). The molecule has 0 radical (unpaired) electrons.